The largest absolute Gasteiger partial charge is 0.390 e. The third-order valence-electron chi connectivity index (χ3n) is 4.14. The van der Waals surface area contributed by atoms with E-state index in [2.05, 4.69) is 39.7 Å². The predicted octanol–water partition coefficient (Wildman–Crippen LogP) is 1.62. The Morgan fingerprint density at radius 3 is 2.92 bits per heavy atom. The number of rotatable bonds is 4. The smallest absolute Gasteiger partial charge is 0.223 e. The number of benzene rings is 1. The summed E-state index contributed by atoms with van der Waals surface area (Å²) in [6.07, 6.45) is 1.73. The lowest BCUT2D eigenvalue weighted by atomic mass is 10.2. The molecule has 1 saturated heterocycles. The van der Waals surface area contributed by atoms with Crippen LogP contribution in [0.1, 0.15) is 12.6 Å². The molecule has 129 valence electrons. The molecule has 0 unspecified atom stereocenters. The number of nitrogen functional groups attached to an aromatic ring is 1. The van der Waals surface area contributed by atoms with Gasteiger partial charge in [-0.3, -0.25) is 4.57 Å². The third kappa shape index (κ3) is 3.35. The lowest BCUT2D eigenvalue weighted by molar-refractivity contribution is -0.00395. The highest BCUT2D eigenvalue weighted by atomic mass is 32.1. The van der Waals surface area contributed by atoms with Crippen molar-refractivity contribution in [3.63, 3.8) is 0 Å². The first-order valence-corrected chi connectivity index (χ1v) is 9.39. The summed E-state index contributed by atoms with van der Waals surface area (Å²) in [5.74, 6) is 0.136. The van der Waals surface area contributed by atoms with Gasteiger partial charge in [-0.1, -0.05) is 30.3 Å². The second-order valence-corrected chi connectivity index (χ2v) is 7.46. The number of imidazole rings is 1. The van der Waals surface area contributed by atoms with E-state index in [0.29, 0.717) is 22.6 Å². The number of nitrogens with zero attached hydrogens (tertiary/aromatic N) is 4. The van der Waals surface area contributed by atoms with E-state index in [4.69, 9.17) is 10.5 Å². The highest BCUT2D eigenvalue weighted by molar-refractivity contribution is 7.80. The number of aliphatic hydroxyl groups is 1. The monoisotopic (exact) mass is 374 g/mol. The molecule has 1 aliphatic heterocycles. The fourth-order valence-corrected chi connectivity index (χ4v) is 4.27. The first kappa shape index (κ1) is 16.7. The van der Waals surface area contributed by atoms with Gasteiger partial charge in [-0.2, -0.15) is 4.98 Å². The van der Waals surface area contributed by atoms with E-state index in [-0.39, 0.29) is 18.3 Å². The van der Waals surface area contributed by atoms with Crippen LogP contribution in [0.2, 0.25) is 0 Å². The van der Waals surface area contributed by atoms with Crippen LogP contribution in [0.3, 0.4) is 0 Å². The van der Waals surface area contributed by atoms with Gasteiger partial charge in [0.2, 0.25) is 5.95 Å². The molecule has 0 spiro atoms. The van der Waals surface area contributed by atoms with Gasteiger partial charge in [-0.05, 0) is 13.9 Å². The maximum Gasteiger partial charge on any atom is 0.223 e. The van der Waals surface area contributed by atoms with Gasteiger partial charge in [-0.25, -0.2) is 9.97 Å². The number of fused-ring (bicyclic) bond motifs is 1. The number of ether oxygens (including phenoxy) is 1. The van der Waals surface area contributed by atoms with Gasteiger partial charge in [0.25, 0.3) is 0 Å². The lowest BCUT2D eigenvalue weighted by Gasteiger charge is -2.15. The minimum atomic E-state index is -0.534. The molecular formula is C16H17N5O2PS. The minimum absolute atomic E-state index is 0.136. The SMILES string of the molecule is Nc1nc(S)c2ncn([C@H]3C[C@H](O)[C@H](C[P]c4ccccc4)O3)c2n1. The number of hydrogen-bond donors (Lipinski definition) is 3. The average Bonchev–Trinajstić information content (AvgIpc) is 3.17. The summed E-state index contributed by atoms with van der Waals surface area (Å²) in [5.41, 5.74) is 6.85. The Bertz CT molecular complexity index is 891. The quantitative estimate of drug-likeness (QED) is 0.365. The molecule has 1 aliphatic rings. The molecule has 0 bridgehead atoms. The number of aliphatic hydroxyl groups excluding tert-OH is 1. The van der Waals surface area contributed by atoms with Crippen LogP contribution in [0.15, 0.2) is 41.7 Å². The molecule has 9 heteroatoms. The zero-order valence-electron chi connectivity index (χ0n) is 13.2. The summed E-state index contributed by atoms with van der Waals surface area (Å²) in [5, 5.41) is 12.0. The second-order valence-electron chi connectivity index (χ2n) is 5.84. The standard InChI is InChI=1S/C16H17N5O2PS/c17-16-19-14-13(15(25)20-16)18-8-21(14)12-6-10(22)11(23-12)7-24-9-4-2-1-3-5-9/h1-5,8,10-12,22H,6-7H2,(H3,17,19,20,25)/t10-,11-,12+/m0/s1. The maximum absolute atomic E-state index is 10.4. The lowest BCUT2D eigenvalue weighted by Crippen LogP contribution is -2.23. The van der Waals surface area contributed by atoms with Crippen LogP contribution in [0.5, 0.6) is 0 Å². The zero-order chi connectivity index (χ0) is 17.4. The van der Waals surface area contributed by atoms with Gasteiger partial charge >= 0.3 is 0 Å². The van der Waals surface area contributed by atoms with Crippen molar-refractivity contribution in [2.75, 3.05) is 11.9 Å². The Morgan fingerprint density at radius 1 is 1.32 bits per heavy atom. The summed E-state index contributed by atoms with van der Waals surface area (Å²) in [7, 11) is 1.13. The number of thiol groups is 1. The van der Waals surface area contributed by atoms with Crippen molar-refractivity contribution >= 4 is 43.6 Å². The van der Waals surface area contributed by atoms with Gasteiger partial charge in [-0.15, -0.1) is 12.6 Å². The molecule has 0 aliphatic carbocycles. The Kier molecular flexibility index (Phi) is 4.60. The Labute approximate surface area is 151 Å². The maximum atomic E-state index is 10.4. The van der Waals surface area contributed by atoms with E-state index >= 15 is 0 Å². The van der Waals surface area contributed by atoms with Gasteiger partial charge < -0.3 is 15.6 Å². The van der Waals surface area contributed by atoms with Crippen LogP contribution < -0.4 is 11.0 Å². The highest BCUT2D eigenvalue weighted by Crippen LogP contribution is 2.34. The van der Waals surface area contributed by atoms with E-state index in [1.165, 1.54) is 5.30 Å². The summed E-state index contributed by atoms with van der Waals surface area (Å²) >= 11 is 4.29. The number of nitrogens with two attached hydrogens (primary N) is 1. The molecule has 25 heavy (non-hydrogen) atoms. The number of hydrogen-bond acceptors (Lipinski definition) is 7. The molecule has 3 heterocycles. The Balaban J connectivity index is 1.51. The highest BCUT2D eigenvalue weighted by Gasteiger charge is 2.35. The predicted molar refractivity (Wildman–Crippen MR) is 99.4 cm³/mol. The van der Waals surface area contributed by atoms with Crippen molar-refractivity contribution in [3.05, 3.63) is 36.7 Å². The molecule has 3 atom stereocenters. The minimum Gasteiger partial charge on any atom is -0.390 e. The van der Waals surface area contributed by atoms with E-state index < -0.39 is 6.10 Å². The van der Waals surface area contributed by atoms with E-state index in [1.54, 1.807) is 10.9 Å². The van der Waals surface area contributed by atoms with Gasteiger partial charge in [0.15, 0.2) is 5.65 Å². The third-order valence-corrected chi connectivity index (χ3v) is 5.66. The van der Waals surface area contributed by atoms with E-state index in [0.717, 1.165) is 14.7 Å². The first-order chi connectivity index (χ1) is 12.1. The van der Waals surface area contributed by atoms with Crippen molar-refractivity contribution in [2.45, 2.75) is 29.9 Å². The summed E-state index contributed by atoms with van der Waals surface area (Å²) in [6.45, 7) is 0. The van der Waals surface area contributed by atoms with Gasteiger partial charge in [0.05, 0.1) is 18.5 Å². The van der Waals surface area contributed by atoms with Gasteiger partial charge in [0.1, 0.15) is 16.8 Å². The summed E-state index contributed by atoms with van der Waals surface area (Å²) in [4.78, 5) is 12.5. The molecule has 0 amide bonds. The molecule has 4 rings (SSSR count). The van der Waals surface area contributed by atoms with Crippen LogP contribution >= 0.6 is 21.2 Å². The summed E-state index contributed by atoms with van der Waals surface area (Å²) < 4.78 is 7.85. The molecule has 2 aromatic heterocycles. The van der Waals surface area contributed by atoms with Crippen LogP contribution in [-0.4, -0.2) is 43.0 Å². The van der Waals surface area contributed by atoms with Crippen LogP contribution in [-0.2, 0) is 4.74 Å². The molecule has 3 aromatic rings. The van der Waals surface area contributed by atoms with E-state index in [9.17, 15) is 5.11 Å². The Hall–Kier alpha value is -1.73. The fraction of sp³-hybridized carbons (Fsp3) is 0.312. The zero-order valence-corrected chi connectivity index (χ0v) is 15.0. The normalized spacial score (nSPS) is 23.8. The average molecular weight is 374 g/mol. The molecule has 7 nitrogen and oxygen atoms in total. The first-order valence-electron chi connectivity index (χ1n) is 7.87. The Morgan fingerprint density at radius 2 is 2.12 bits per heavy atom. The second kappa shape index (κ2) is 6.88. The molecule has 1 aromatic carbocycles. The molecule has 3 N–H and O–H groups in total. The molecule has 0 saturated carbocycles. The van der Waals surface area contributed by atoms with Crippen LogP contribution in [0.4, 0.5) is 5.95 Å². The van der Waals surface area contributed by atoms with Crippen molar-refractivity contribution in [1.82, 2.24) is 19.5 Å². The van der Waals surface area contributed by atoms with Gasteiger partial charge in [0, 0.05) is 12.6 Å². The topological polar surface area (TPSA) is 99.1 Å². The van der Waals surface area contributed by atoms with E-state index in [1.807, 2.05) is 18.2 Å². The van der Waals surface area contributed by atoms with Crippen molar-refractivity contribution in [1.29, 1.82) is 0 Å². The van der Waals surface area contributed by atoms with Crippen molar-refractivity contribution in [3.8, 4) is 0 Å². The molecular weight excluding hydrogens is 357 g/mol. The van der Waals surface area contributed by atoms with Crippen LogP contribution in [0, 0.1) is 0 Å². The fourth-order valence-electron chi connectivity index (χ4n) is 2.91. The number of aromatic nitrogens is 4. The van der Waals surface area contributed by atoms with Crippen LogP contribution in [0.25, 0.3) is 11.2 Å². The molecule has 1 fully saturated rings. The molecule has 1 radical (unpaired) electrons. The van der Waals surface area contributed by atoms with Crippen molar-refractivity contribution in [2.24, 2.45) is 0 Å². The number of anilines is 1. The van der Waals surface area contributed by atoms with Crippen molar-refractivity contribution < 1.29 is 9.84 Å². The summed E-state index contributed by atoms with van der Waals surface area (Å²) in [6, 6.07) is 10.1.